The lowest BCUT2D eigenvalue weighted by atomic mass is 9.98. The van der Waals surface area contributed by atoms with E-state index in [1.807, 2.05) is 62.5 Å². The second-order valence-electron chi connectivity index (χ2n) is 10.1. The number of carbonyl (C=O) groups excluding carboxylic acids is 2. The number of aromatic amines is 1. The minimum absolute atomic E-state index is 0.149. The van der Waals surface area contributed by atoms with E-state index in [1.54, 1.807) is 18.2 Å². The predicted octanol–water partition coefficient (Wildman–Crippen LogP) is 4.33. The van der Waals surface area contributed by atoms with Crippen LogP contribution < -0.4 is 20.1 Å². The molecule has 202 valence electrons. The fraction of sp³-hybridized carbons (Fsp3) is 0.290. The summed E-state index contributed by atoms with van der Waals surface area (Å²) in [5.41, 5.74) is 4.36. The van der Waals surface area contributed by atoms with Crippen LogP contribution in [0.15, 0.2) is 66.9 Å². The second kappa shape index (κ2) is 11.6. The number of amides is 2. The molecule has 1 aliphatic heterocycles. The first-order valence-electron chi connectivity index (χ1n) is 13.2. The Labute approximate surface area is 227 Å². The Morgan fingerprint density at radius 1 is 0.974 bits per heavy atom. The van der Waals surface area contributed by atoms with Gasteiger partial charge >= 0.3 is 0 Å². The molecule has 0 unspecified atom stereocenters. The van der Waals surface area contributed by atoms with Gasteiger partial charge in [0.1, 0.15) is 13.2 Å². The smallest absolute Gasteiger partial charge is 0.255 e. The van der Waals surface area contributed by atoms with Crippen molar-refractivity contribution in [1.82, 2.24) is 15.6 Å². The number of carbonyl (C=O) groups is 2. The highest BCUT2D eigenvalue weighted by Crippen LogP contribution is 2.38. The van der Waals surface area contributed by atoms with Gasteiger partial charge in [0.25, 0.3) is 11.8 Å². The van der Waals surface area contributed by atoms with Gasteiger partial charge < -0.3 is 30.2 Å². The summed E-state index contributed by atoms with van der Waals surface area (Å²) in [6.45, 7) is 5.15. The number of hydrogen-bond donors (Lipinski definition) is 4. The number of nitrogens with one attached hydrogen (secondary N) is 3. The summed E-state index contributed by atoms with van der Waals surface area (Å²) < 4.78 is 11.7. The molecular formula is C31H33N3O5. The number of benzene rings is 3. The number of hydrogen-bond acceptors (Lipinski definition) is 5. The van der Waals surface area contributed by atoms with Crippen LogP contribution in [-0.4, -0.2) is 54.3 Å². The van der Waals surface area contributed by atoms with E-state index in [0.717, 1.165) is 27.6 Å². The zero-order chi connectivity index (χ0) is 27.4. The van der Waals surface area contributed by atoms with Crippen LogP contribution in [0.25, 0.3) is 22.0 Å². The zero-order valence-electron chi connectivity index (χ0n) is 22.1. The van der Waals surface area contributed by atoms with Gasteiger partial charge in [-0.1, -0.05) is 44.2 Å². The van der Waals surface area contributed by atoms with Gasteiger partial charge in [-0.2, -0.15) is 0 Å². The highest BCUT2D eigenvalue weighted by atomic mass is 16.6. The van der Waals surface area contributed by atoms with Crippen LogP contribution in [0.3, 0.4) is 0 Å². The maximum atomic E-state index is 13.6. The summed E-state index contributed by atoms with van der Waals surface area (Å²) in [6.07, 6.45) is 2.36. The van der Waals surface area contributed by atoms with Crippen LogP contribution in [0.4, 0.5) is 0 Å². The maximum Gasteiger partial charge on any atom is 0.255 e. The van der Waals surface area contributed by atoms with Gasteiger partial charge in [-0.3, -0.25) is 9.59 Å². The molecule has 0 bridgehead atoms. The van der Waals surface area contributed by atoms with Crippen LogP contribution in [-0.2, 0) is 6.42 Å². The number of para-hydroxylation sites is 1. The van der Waals surface area contributed by atoms with E-state index >= 15 is 0 Å². The molecule has 2 heterocycles. The number of rotatable bonds is 9. The fourth-order valence-electron chi connectivity index (χ4n) is 4.72. The first-order chi connectivity index (χ1) is 18.9. The lowest BCUT2D eigenvalue weighted by Crippen LogP contribution is -2.39. The lowest BCUT2D eigenvalue weighted by molar-refractivity contribution is 0.0904. The topological polar surface area (TPSA) is 113 Å². The van der Waals surface area contributed by atoms with Crippen LogP contribution in [0.2, 0.25) is 0 Å². The zero-order valence-corrected chi connectivity index (χ0v) is 22.1. The number of fused-ring (bicyclic) bond motifs is 2. The number of aliphatic hydroxyl groups excluding tert-OH is 1. The summed E-state index contributed by atoms with van der Waals surface area (Å²) in [6, 6.07) is 18.3. The Morgan fingerprint density at radius 3 is 2.62 bits per heavy atom. The molecule has 4 N–H and O–H groups in total. The van der Waals surface area contributed by atoms with Crippen molar-refractivity contribution in [2.45, 2.75) is 26.3 Å². The summed E-state index contributed by atoms with van der Waals surface area (Å²) >= 11 is 0. The molecule has 0 saturated heterocycles. The first kappa shape index (κ1) is 26.3. The molecule has 3 aromatic carbocycles. The number of ether oxygens (including phenoxy) is 2. The lowest BCUT2D eigenvalue weighted by Gasteiger charge is -2.23. The Hall–Kier alpha value is -4.30. The molecule has 5 rings (SSSR count). The van der Waals surface area contributed by atoms with E-state index in [4.69, 9.17) is 9.47 Å². The highest BCUT2D eigenvalue weighted by molar-refractivity contribution is 6.00. The van der Waals surface area contributed by atoms with E-state index < -0.39 is 6.04 Å². The average Bonchev–Trinajstić information content (AvgIpc) is 3.37. The Kier molecular flexibility index (Phi) is 7.84. The largest absolute Gasteiger partial charge is 0.486 e. The molecule has 4 aromatic rings. The monoisotopic (exact) mass is 527 g/mol. The first-order valence-corrected chi connectivity index (χ1v) is 13.2. The summed E-state index contributed by atoms with van der Waals surface area (Å²) in [7, 11) is 0. The van der Waals surface area contributed by atoms with Gasteiger partial charge in [0, 0.05) is 29.2 Å². The highest BCUT2D eigenvalue weighted by Gasteiger charge is 2.25. The molecule has 0 fully saturated rings. The molecule has 8 nitrogen and oxygen atoms in total. The van der Waals surface area contributed by atoms with Crippen molar-refractivity contribution in [1.29, 1.82) is 0 Å². The van der Waals surface area contributed by atoms with Crippen molar-refractivity contribution in [2.24, 2.45) is 5.92 Å². The number of H-pyrrole nitrogens is 1. The Balaban J connectivity index is 1.42. The molecule has 1 aromatic heterocycles. The predicted molar refractivity (Wildman–Crippen MR) is 150 cm³/mol. The average molecular weight is 528 g/mol. The minimum atomic E-state index is -0.506. The molecular weight excluding hydrogens is 494 g/mol. The van der Waals surface area contributed by atoms with Gasteiger partial charge in [-0.25, -0.2) is 0 Å². The minimum Gasteiger partial charge on any atom is -0.486 e. The van der Waals surface area contributed by atoms with Crippen molar-refractivity contribution >= 4 is 22.7 Å². The van der Waals surface area contributed by atoms with E-state index in [9.17, 15) is 14.7 Å². The number of aliphatic hydroxyl groups is 1. The van der Waals surface area contributed by atoms with E-state index in [1.165, 1.54) is 0 Å². The summed E-state index contributed by atoms with van der Waals surface area (Å²) in [5.74, 6) is 0.662. The van der Waals surface area contributed by atoms with Crippen molar-refractivity contribution in [3.05, 3.63) is 83.6 Å². The maximum absolute atomic E-state index is 13.6. The van der Waals surface area contributed by atoms with Gasteiger partial charge in [-0.05, 0) is 59.4 Å². The Morgan fingerprint density at radius 2 is 1.79 bits per heavy atom. The normalized spacial score (nSPS) is 13.3. The quantitative estimate of drug-likeness (QED) is 0.259. The third-order valence-electron chi connectivity index (χ3n) is 6.71. The summed E-state index contributed by atoms with van der Waals surface area (Å²) in [5, 5.41) is 17.1. The van der Waals surface area contributed by atoms with E-state index in [0.29, 0.717) is 54.7 Å². The van der Waals surface area contributed by atoms with Crippen LogP contribution in [0.5, 0.6) is 11.5 Å². The molecule has 0 radical (unpaired) electrons. The molecule has 0 spiro atoms. The number of aromatic nitrogens is 1. The van der Waals surface area contributed by atoms with Crippen LogP contribution in [0, 0.1) is 5.92 Å². The molecule has 1 aliphatic rings. The SMILES string of the molecule is CC(C)CNC(=O)c1cccc(-c2cc3c(c(C(=O)N[C@@H](CO)Cc4c[nH]c5ccccc45)c2)OCCO3)c1. The van der Waals surface area contributed by atoms with Gasteiger partial charge in [0.15, 0.2) is 11.5 Å². The standard InChI is InChI=1S/C31H33N3O5/c1-19(2)16-33-30(36)21-7-5-6-20(12-21)22-14-26(29-28(15-22)38-10-11-39-29)31(37)34-24(18-35)13-23-17-32-27-9-4-3-8-25(23)27/h3-9,12,14-15,17,19,24,32,35H,10-11,13,16,18H2,1-2H3,(H,33,36)(H,34,37)/t24-/m1/s1. The molecule has 0 aliphatic carbocycles. The fourth-order valence-corrected chi connectivity index (χ4v) is 4.72. The van der Waals surface area contributed by atoms with Crippen molar-refractivity contribution < 1.29 is 24.2 Å². The molecule has 8 heteroatoms. The second-order valence-corrected chi connectivity index (χ2v) is 10.1. The summed E-state index contributed by atoms with van der Waals surface area (Å²) in [4.78, 5) is 29.5. The van der Waals surface area contributed by atoms with Gasteiger partial charge in [0.05, 0.1) is 18.2 Å². The van der Waals surface area contributed by atoms with E-state index in [2.05, 4.69) is 15.6 Å². The molecule has 0 saturated carbocycles. The van der Waals surface area contributed by atoms with Crippen LogP contribution >= 0.6 is 0 Å². The molecule has 1 atom stereocenters. The van der Waals surface area contributed by atoms with Crippen molar-refractivity contribution in [3.63, 3.8) is 0 Å². The van der Waals surface area contributed by atoms with Crippen molar-refractivity contribution in [3.8, 4) is 22.6 Å². The van der Waals surface area contributed by atoms with E-state index in [-0.39, 0.29) is 18.4 Å². The van der Waals surface area contributed by atoms with Crippen LogP contribution in [0.1, 0.15) is 40.1 Å². The molecule has 39 heavy (non-hydrogen) atoms. The van der Waals surface area contributed by atoms with Gasteiger partial charge in [0.2, 0.25) is 0 Å². The van der Waals surface area contributed by atoms with Gasteiger partial charge in [-0.15, -0.1) is 0 Å². The third kappa shape index (κ3) is 5.91. The third-order valence-corrected chi connectivity index (χ3v) is 6.71. The molecule has 2 amide bonds. The van der Waals surface area contributed by atoms with Crippen molar-refractivity contribution in [2.75, 3.05) is 26.4 Å². The Bertz CT molecular complexity index is 1490.